The molecule has 1 aliphatic rings. The maximum absolute atomic E-state index is 11.5. The van der Waals surface area contributed by atoms with Crippen molar-refractivity contribution >= 4 is 11.8 Å². The van der Waals surface area contributed by atoms with Crippen LogP contribution in [-0.4, -0.2) is 23.3 Å². The van der Waals surface area contributed by atoms with E-state index in [1.165, 1.54) is 107 Å². The minimum atomic E-state index is -0.150. The van der Waals surface area contributed by atoms with Gasteiger partial charge in [-0.15, -0.1) is 0 Å². The first-order chi connectivity index (χ1) is 15.3. The lowest BCUT2D eigenvalue weighted by molar-refractivity contribution is -0.697. The van der Waals surface area contributed by atoms with Gasteiger partial charge >= 0.3 is 0 Å². The Hall–Kier alpha value is -1.49. The highest BCUT2D eigenvalue weighted by Crippen LogP contribution is 2.14. The van der Waals surface area contributed by atoms with E-state index in [1.54, 1.807) is 0 Å². The molecule has 0 fully saturated rings. The molecule has 0 atom stereocenters. The lowest BCUT2D eigenvalue weighted by Gasteiger charge is -2.12. The molecule has 2 amide bonds. The maximum atomic E-state index is 11.5. The molecule has 0 aromatic carbocycles. The fourth-order valence-electron chi connectivity index (χ4n) is 4.27. The van der Waals surface area contributed by atoms with Crippen LogP contribution >= 0.6 is 0 Å². The first kappa shape index (κ1) is 28.5. The van der Waals surface area contributed by atoms with Crippen molar-refractivity contribution in [1.82, 2.24) is 4.90 Å². The van der Waals surface area contributed by atoms with Crippen LogP contribution in [0, 0.1) is 0 Å². The number of imide groups is 1. The molecule has 5 heteroatoms. The molecule has 0 radical (unpaired) electrons. The van der Waals surface area contributed by atoms with Gasteiger partial charge in [0.25, 0.3) is 11.8 Å². The topological polar surface area (TPSA) is 41.3 Å². The van der Waals surface area contributed by atoms with E-state index < -0.39 is 0 Å². The number of pyridine rings is 1. The monoisotopic (exact) mass is 506 g/mol. The molecule has 0 aliphatic carbocycles. The molecular weight excluding hydrogens is 464 g/mol. The predicted molar refractivity (Wildman–Crippen MR) is 126 cm³/mol. The number of rotatable bonds is 19. The second-order valence-electron chi connectivity index (χ2n) is 8.93. The highest BCUT2D eigenvalue weighted by molar-refractivity contribution is 6.12. The first-order valence-corrected chi connectivity index (χ1v) is 12.7. The third-order valence-corrected chi connectivity index (χ3v) is 6.23. The number of unbranched alkanes of at least 4 members (excludes halogenated alkanes) is 15. The van der Waals surface area contributed by atoms with Gasteiger partial charge in [-0.1, -0.05) is 89.5 Å². The van der Waals surface area contributed by atoms with Crippen molar-refractivity contribution in [2.45, 2.75) is 109 Å². The Balaban J connectivity index is 0.00000512. The number of carbonyl (C=O) groups is 2. The minimum absolute atomic E-state index is 0. The molecular formula is C27H43BrN2O2. The van der Waals surface area contributed by atoms with Crippen LogP contribution in [0.2, 0.25) is 0 Å². The Bertz CT molecular complexity index is 630. The zero-order valence-electron chi connectivity index (χ0n) is 19.9. The van der Waals surface area contributed by atoms with Gasteiger partial charge in [0.05, 0.1) is 0 Å². The van der Waals surface area contributed by atoms with Gasteiger partial charge in [0, 0.05) is 37.3 Å². The normalized spacial score (nSPS) is 13.1. The molecule has 32 heavy (non-hydrogen) atoms. The molecule has 4 nitrogen and oxygen atoms in total. The molecule has 0 spiro atoms. The molecule has 0 saturated carbocycles. The minimum Gasteiger partial charge on any atom is -1.00 e. The van der Waals surface area contributed by atoms with Gasteiger partial charge in [-0.25, -0.2) is 4.57 Å². The van der Waals surface area contributed by atoms with Gasteiger partial charge in [-0.3, -0.25) is 14.5 Å². The molecule has 0 saturated heterocycles. The number of amides is 2. The van der Waals surface area contributed by atoms with Crippen molar-refractivity contribution in [3.05, 3.63) is 42.7 Å². The van der Waals surface area contributed by atoms with Crippen molar-refractivity contribution < 1.29 is 31.1 Å². The molecule has 1 aromatic rings. The fraction of sp³-hybridized carbons (Fsp3) is 0.667. The number of carbonyl (C=O) groups excluding carboxylic acids is 2. The van der Waals surface area contributed by atoms with Crippen molar-refractivity contribution in [2.75, 3.05) is 6.54 Å². The quantitative estimate of drug-likeness (QED) is 0.164. The second kappa shape index (κ2) is 19.0. The third kappa shape index (κ3) is 13.1. The van der Waals surface area contributed by atoms with Crippen LogP contribution in [0.15, 0.2) is 42.7 Å². The van der Waals surface area contributed by atoms with Crippen LogP contribution in [0.4, 0.5) is 0 Å². The summed E-state index contributed by atoms with van der Waals surface area (Å²) in [7, 11) is 0. The van der Waals surface area contributed by atoms with Crippen molar-refractivity contribution in [2.24, 2.45) is 0 Å². The van der Waals surface area contributed by atoms with Crippen molar-refractivity contribution in [3.8, 4) is 0 Å². The van der Waals surface area contributed by atoms with Gasteiger partial charge in [0.2, 0.25) is 0 Å². The van der Waals surface area contributed by atoms with Crippen LogP contribution in [0.1, 0.15) is 103 Å². The Labute approximate surface area is 206 Å². The standard InChI is InChI=1S/C27H43N2O2.BrH/c30-26-20-21-27(31)29(26)25-19-14-12-10-8-6-4-2-1-3-5-7-9-11-13-16-22-28-23-17-15-18-24-28;/h15,17-18,20-21,23-24H,1-14,16,19,22,25H2;1H/q+1;/p-1. The Morgan fingerprint density at radius 2 is 0.906 bits per heavy atom. The van der Waals surface area contributed by atoms with Gasteiger partial charge in [0.1, 0.15) is 6.54 Å². The lowest BCUT2D eigenvalue weighted by Crippen LogP contribution is -3.00. The largest absolute Gasteiger partial charge is 1.00 e. The Morgan fingerprint density at radius 1 is 0.531 bits per heavy atom. The Morgan fingerprint density at radius 3 is 1.34 bits per heavy atom. The molecule has 180 valence electrons. The summed E-state index contributed by atoms with van der Waals surface area (Å²) in [6.07, 6.45) is 28.1. The highest BCUT2D eigenvalue weighted by Gasteiger charge is 2.21. The van der Waals surface area contributed by atoms with E-state index in [0.29, 0.717) is 6.54 Å². The van der Waals surface area contributed by atoms with Crippen LogP contribution in [0.25, 0.3) is 0 Å². The summed E-state index contributed by atoms with van der Waals surface area (Å²) >= 11 is 0. The smallest absolute Gasteiger partial charge is 0.253 e. The van der Waals surface area contributed by atoms with E-state index in [9.17, 15) is 9.59 Å². The summed E-state index contributed by atoms with van der Waals surface area (Å²) in [6, 6.07) is 6.28. The van der Waals surface area contributed by atoms with E-state index >= 15 is 0 Å². The summed E-state index contributed by atoms with van der Waals surface area (Å²) < 4.78 is 2.28. The average Bonchev–Trinajstić information content (AvgIpc) is 3.11. The predicted octanol–water partition coefficient (Wildman–Crippen LogP) is 3.14. The van der Waals surface area contributed by atoms with Gasteiger partial charge in [-0.05, 0) is 12.8 Å². The number of aromatic nitrogens is 1. The SMILES string of the molecule is O=C1C=CC(=O)N1CCCCCCCCCCCCCCCCCC[n+]1ccccc1.[Br-]. The van der Waals surface area contributed by atoms with Crippen molar-refractivity contribution in [3.63, 3.8) is 0 Å². The molecule has 1 aliphatic heterocycles. The number of halogens is 1. The summed E-state index contributed by atoms with van der Waals surface area (Å²) in [6.45, 7) is 1.73. The van der Waals surface area contributed by atoms with E-state index in [4.69, 9.17) is 0 Å². The van der Waals surface area contributed by atoms with Crippen LogP contribution in [-0.2, 0) is 16.1 Å². The third-order valence-electron chi connectivity index (χ3n) is 6.23. The van der Waals surface area contributed by atoms with E-state index in [-0.39, 0.29) is 28.8 Å². The molecule has 1 aromatic heterocycles. The summed E-state index contributed by atoms with van der Waals surface area (Å²) in [5.41, 5.74) is 0. The van der Waals surface area contributed by atoms with Gasteiger partial charge in [0.15, 0.2) is 12.4 Å². The fourth-order valence-corrected chi connectivity index (χ4v) is 4.27. The lowest BCUT2D eigenvalue weighted by atomic mass is 10.0. The zero-order chi connectivity index (χ0) is 22.0. The first-order valence-electron chi connectivity index (χ1n) is 12.7. The number of nitrogens with zero attached hydrogens (tertiary/aromatic N) is 2. The summed E-state index contributed by atoms with van der Waals surface area (Å²) in [5.74, 6) is -0.300. The number of aryl methyl sites for hydroxylation is 1. The number of hydrogen-bond acceptors (Lipinski definition) is 2. The molecule has 0 unspecified atom stereocenters. The summed E-state index contributed by atoms with van der Waals surface area (Å²) in [4.78, 5) is 24.3. The molecule has 2 heterocycles. The van der Waals surface area contributed by atoms with E-state index in [1.807, 2.05) is 0 Å². The van der Waals surface area contributed by atoms with Crippen LogP contribution < -0.4 is 21.5 Å². The van der Waals surface area contributed by atoms with Crippen LogP contribution in [0.5, 0.6) is 0 Å². The van der Waals surface area contributed by atoms with E-state index in [0.717, 1.165) is 19.4 Å². The van der Waals surface area contributed by atoms with E-state index in [2.05, 4.69) is 35.2 Å². The summed E-state index contributed by atoms with van der Waals surface area (Å²) in [5, 5.41) is 0. The van der Waals surface area contributed by atoms with Gasteiger partial charge in [-0.2, -0.15) is 0 Å². The average molecular weight is 508 g/mol. The second-order valence-corrected chi connectivity index (χ2v) is 8.93. The number of hydrogen-bond donors (Lipinski definition) is 0. The maximum Gasteiger partial charge on any atom is 0.253 e. The van der Waals surface area contributed by atoms with Crippen LogP contribution in [0.3, 0.4) is 0 Å². The molecule has 0 N–H and O–H groups in total. The molecule has 0 bridgehead atoms. The van der Waals surface area contributed by atoms with Gasteiger partial charge < -0.3 is 17.0 Å². The molecule has 2 rings (SSSR count). The highest BCUT2D eigenvalue weighted by atomic mass is 79.9. The van der Waals surface area contributed by atoms with Crippen molar-refractivity contribution in [1.29, 1.82) is 0 Å². The Kier molecular flexibility index (Phi) is 17.0. The zero-order valence-corrected chi connectivity index (χ0v) is 21.4.